The Labute approximate surface area is 111 Å². The molecule has 104 valence electrons. The van der Waals surface area contributed by atoms with Crippen LogP contribution in [0.3, 0.4) is 0 Å². The molecule has 18 heavy (non-hydrogen) atoms. The minimum atomic E-state index is -0.0518. The molecule has 2 aliphatic rings. The lowest BCUT2D eigenvalue weighted by molar-refractivity contribution is 0.143. The molecular weight excluding hydrogens is 224 g/mol. The van der Waals surface area contributed by atoms with Gasteiger partial charge in [0.2, 0.25) is 0 Å². The molecule has 0 heterocycles. The van der Waals surface area contributed by atoms with E-state index in [9.17, 15) is 10.2 Å². The fourth-order valence-corrected chi connectivity index (χ4v) is 3.45. The first-order valence-electron chi connectivity index (χ1n) is 7.81. The summed E-state index contributed by atoms with van der Waals surface area (Å²) >= 11 is 0. The molecule has 2 fully saturated rings. The van der Waals surface area contributed by atoms with Gasteiger partial charge in [0.1, 0.15) is 0 Å². The van der Waals surface area contributed by atoms with Crippen LogP contribution in [0.2, 0.25) is 0 Å². The average molecular weight is 252 g/mol. The normalized spacial score (nSPS) is 32.3. The zero-order valence-corrected chi connectivity index (χ0v) is 11.5. The summed E-state index contributed by atoms with van der Waals surface area (Å²) in [6.45, 7) is 0. The van der Waals surface area contributed by atoms with Crippen molar-refractivity contribution in [1.82, 2.24) is 0 Å². The topological polar surface area (TPSA) is 40.5 Å². The fraction of sp³-hybridized carbons (Fsp3) is 0.875. The van der Waals surface area contributed by atoms with Gasteiger partial charge >= 0.3 is 0 Å². The van der Waals surface area contributed by atoms with E-state index in [1.54, 1.807) is 11.1 Å². The second-order valence-electron chi connectivity index (χ2n) is 6.08. The van der Waals surface area contributed by atoms with Gasteiger partial charge in [-0.1, -0.05) is 11.1 Å². The van der Waals surface area contributed by atoms with Crippen molar-refractivity contribution < 1.29 is 10.2 Å². The van der Waals surface area contributed by atoms with E-state index in [0.717, 1.165) is 51.4 Å². The van der Waals surface area contributed by atoms with Crippen molar-refractivity contribution in [2.45, 2.75) is 89.3 Å². The molecule has 2 nitrogen and oxygen atoms in total. The Morgan fingerprint density at radius 3 is 1.11 bits per heavy atom. The highest BCUT2D eigenvalue weighted by atomic mass is 16.3. The van der Waals surface area contributed by atoms with Gasteiger partial charge < -0.3 is 10.2 Å². The highest BCUT2D eigenvalue weighted by Gasteiger charge is 2.16. The van der Waals surface area contributed by atoms with Gasteiger partial charge in [0.25, 0.3) is 0 Å². The van der Waals surface area contributed by atoms with Crippen LogP contribution in [0.5, 0.6) is 0 Å². The summed E-state index contributed by atoms with van der Waals surface area (Å²) < 4.78 is 0. The lowest BCUT2D eigenvalue weighted by atomic mass is 9.86. The number of aliphatic hydroxyl groups excluding tert-OH is 2. The maximum atomic E-state index is 9.68. The molecule has 0 amide bonds. The summed E-state index contributed by atoms with van der Waals surface area (Å²) in [6, 6.07) is 0. The predicted molar refractivity (Wildman–Crippen MR) is 74.4 cm³/mol. The van der Waals surface area contributed by atoms with Gasteiger partial charge in [0.05, 0.1) is 12.2 Å². The molecule has 0 aromatic rings. The highest BCUT2D eigenvalue weighted by molar-refractivity contribution is 5.15. The van der Waals surface area contributed by atoms with E-state index in [2.05, 4.69) is 0 Å². The van der Waals surface area contributed by atoms with Crippen molar-refractivity contribution in [3.63, 3.8) is 0 Å². The summed E-state index contributed by atoms with van der Waals surface area (Å²) in [6.07, 6.45) is 13.3. The van der Waals surface area contributed by atoms with Crippen molar-refractivity contribution in [3.8, 4) is 0 Å². The van der Waals surface area contributed by atoms with Crippen LogP contribution < -0.4 is 0 Å². The first-order chi connectivity index (χ1) is 8.75. The largest absolute Gasteiger partial charge is 0.393 e. The minimum Gasteiger partial charge on any atom is -0.393 e. The van der Waals surface area contributed by atoms with Gasteiger partial charge in [-0.15, -0.1) is 0 Å². The zero-order chi connectivity index (χ0) is 12.8. The Bertz CT molecular complexity index is 231. The quantitative estimate of drug-likeness (QED) is 0.645. The monoisotopic (exact) mass is 252 g/mol. The molecule has 0 unspecified atom stereocenters. The van der Waals surface area contributed by atoms with Gasteiger partial charge in [-0.25, -0.2) is 0 Å². The molecule has 2 rings (SSSR count). The molecule has 0 aliphatic heterocycles. The number of rotatable bonds is 0. The Kier molecular flexibility index (Phi) is 5.71. The molecule has 0 saturated heterocycles. The summed E-state index contributed by atoms with van der Waals surface area (Å²) in [5, 5.41) is 19.4. The molecule has 2 heteroatoms. The molecule has 0 atom stereocenters. The van der Waals surface area contributed by atoms with Crippen LogP contribution in [0, 0.1) is 0 Å². The standard InChI is InChI=1S/C16H28O2/c17-15-9-1-5-13(6-2-10-15)14-7-3-11-16(18)12-4-8-14/h15-18H,1-12H2. The number of hydrogen-bond donors (Lipinski definition) is 2. The third-order valence-electron chi connectivity index (χ3n) is 4.56. The van der Waals surface area contributed by atoms with Crippen molar-refractivity contribution in [2.24, 2.45) is 0 Å². The van der Waals surface area contributed by atoms with E-state index < -0.39 is 0 Å². The second kappa shape index (κ2) is 7.30. The molecule has 0 aromatic heterocycles. The van der Waals surface area contributed by atoms with Crippen molar-refractivity contribution in [3.05, 3.63) is 11.1 Å². The van der Waals surface area contributed by atoms with Gasteiger partial charge in [-0.2, -0.15) is 0 Å². The summed E-state index contributed by atoms with van der Waals surface area (Å²) in [7, 11) is 0. The molecule has 0 aromatic carbocycles. The van der Waals surface area contributed by atoms with Crippen LogP contribution in [0.1, 0.15) is 77.0 Å². The minimum absolute atomic E-state index is 0.0518. The number of allylic oxidation sites excluding steroid dienone is 2. The van der Waals surface area contributed by atoms with Crippen molar-refractivity contribution in [1.29, 1.82) is 0 Å². The maximum Gasteiger partial charge on any atom is 0.0540 e. The SMILES string of the molecule is OC1CCCC(=C2CCCC(O)CCC2)CCC1. The Balaban J connectivity index is 1.94. The Morgan fingerprint density at radius 2 is 0.833 bits per heavy atom. The fourth-order valence-electron chi connectivity index (χ4n) is 3.45. The second-order valence-corrected chi connectivity index (χ2v) is 6.08. The number of hydrogen-bond acceptors (Lipinski definition) is 2. The van der Waals surface area contributed by atoms with Crippen molar-refractivity contribution in [2.75, 3.05) is 0 Å². The third kappa shape index (κ3) is 4.40. The van der Waals surface area contributed by atoms with Crippen molar-refractivity contribution >= 4 is 0 Å². The molecular formula is C16H28O2. The lowest BCUT2D eigenvalue weighted by Gasteiger charge is -2.23. The van der Waals surface area contributed by atoms with E-state index in [1.807, 2.05) is 0 Å². The smallest absolute Gasteiger partial charge is 0.0540 e. The summed E-state index contributed by atoms with van der Waals surface area (Å²) in [5.74, 6) is 0. The van der Waals surface area contributed by atoms with Gasteiger partial charge in [0.15, 0.2) is 0 Å². The third-order valence-corrected chi connectivity index (χ3v) is 4.56. The van der Waals surface area contributed by atoms with E-state index in [1.165, 1.54) is 25.7 Å². The van der Waals surface area contributed by atoms with Crippen LogP contribution in [-0.2, 0) is 0 Å². The average Bonchev–Trinajstić information content (AvgIpc) is 2.29. The molecule has 0 radical (unpaired) electrons. The highest BCUT2D eigenvalue weighted by Crippen LogP contribution is 2.31. The van der Waals surface area contributed by atoms with Crippen LogP contribution in [0.15, 0.2) is 11.1 Å². The molecule has 2 aliphatic carbocycles. The zero-order valence-electron chi connectivity index (χ0n) is 11.5. The Morgan fingerprint density at radius 1 is 0.556 bits per heavy atom. The summed E-state index contributed by atoms with van der Waals surface area (Å²) in [4.78, 5) is 0. The first kappa shape index (κ1) is 14.1. The van der Waals surface area contributed by atoms with E-state index in [4.69, 9.17) is 0 Å². The van der Waals surface area contributed by atoms with Crippen LogP contribution in [0.4, 0.5) is 0 Å². The van der Waals surface area contributed by atoms with Gasteiger partial charge in [-0.05, 0) is 77.0 Å². The molecule has 0 bridgehead atoms. The Hall–Kier alpha value is -0.340. The summed E-state index contributed by atoms with van der Waals surface area (Å²) in [5.41, 5.74) is 3.39. The number of aliphatic hydroxyl groups is 2. The molecule has 2 N–H and O–H groups in total. The van der Waals surface area contributed by atoms with Crippen LogP contribution >= 0.6 is 0 Å². The predicted octanol–water partition coefficient (Wildman–Crippen LogP) is 3.71. The van der Waals surface area contributed by atoms with E-state index >= 15 is 0 Å². The van der Waals surface area contributed by atoms with Gasteiger partial charge in [0, 0.05) is 0 Å². The molecule has 2 saturated carbocycles. The van der Waals surface area contributed by atoms with E-state index in [-0.39, 0.29) is 12.2 Å². The lowest BCUT2D eigenvalue weighted by Crippen LogP contribution is -2.12. The first-order valence-corrected chi connectivity index (χ1v) is 7.81. The van der Waals surface area contributed by atoms with E-state index in [0.29, 0.717) is 0 Å². The maximum absolute atomic E-state index is 9.68. The van der Waals surface area contributed by atoms with Crippen LogP contribution in [0.25, 0.3) is 0 Å². The van der Waals surface area contributed by atoms with Gasteiger partial charge in [-0.3, -0.25) is 0 Å². The molecule has 0 spiro atoms. The van der Waals surface area contributed by atoms with Crippen LogP contribution in [-0.4, -0.2) is 22.4 Å².